The van der Waals surface area contributed by atoms with Crippen LogP contribution in [0.3, 0.4) is 0 Å². The van der Waals surface area contributed by atoms with Crippen LogP contribution in [0.1, 0.15) is 27.7 Å². The van der Waals surface area contributed by atoms with E-state index in [9.17, 15) is 4.79 Å². The summed E-state index contributed by atoms with van der Waals surface area (Å²) in [4.78, 5) is 10.9. The quantitative estimate of drug-likeness (QED) is 0.374. The SMILES string of the molecule is CC(C)=CCOCC(=O)OC(C)C. The van der Waals surface area contributed by atoms with Crippen LogP contribution in [0.15, 0.2) is 11.6 Å². The van der Waals surface area contributed by atoms with Crippen molar-refractivity contribution in [1.82, 2.24) is 0 Å². The number of carbonyl (C=O) groups excluding carboxylic acids is 1. The number of hydrogen-bond donors (Lipinski definition) is 0. The van der Waals surface area contributed by atoms with Gasteiger partial charge in [0.15, 0.2) is 0 Å². The van der Waals surface area contributed by atoms with E-state index in [0.717, 1.165) is 0 Å². The normalized spacial score (nSPS) is 9.92. The molecular formula is C10H18O3. The Morgan fingerprint density at radius 3 is 2.46 bits per heavy atom. The smallest absolute Gasteiger partial charge is 0.332 e. The van der Waals surface area contributed by atoms with Crippen LogP contribution in [0.5, 0.6) is 0 Å². The van der Waals surface area contributed by atoms with E-state index in [1.54, 1.807) is 0 Å². The number of carbonyl (C=O) groups is 1. The largest absolute Gasteiger partial charge is 0.461 e. The van der Waals surface area contributed by atoms with Crippen LogP contribution in [0.2, 0.25) is 0 Å². The molecular weight excluding hydrogens is 168 g/mol. The highest BCUT2D eigenvalue weighted by atomic mass is 16.6. The molecule has 0 amide bonds. The monoisotopic (exact) mass is 186 g/mol. The molecule has 76 valence electrons. The summed E-state index contributed by atoms with van der Waals surface area (Å²) < 4.78 is 9.93. The van der Waals surface area contributed by atoms with Gasteiger partial charge in [-0.05, 0) is 27.7 Å². The Bertz CT molecular complexity index is 179. The molecule has 0 saturated carbocycles. The summed E-state index contributed by atoms with van der Waals surface area (Å²) in [5.41, 5.74) is 1.18. The lowest BCUT2D eigenvalue weighted by atomic mass is 10.3. The number of hydrogen-bond acceptors (Lipinski definition) is 3. The average molecular weight is 186 g/mol. The van der Waals surface area contributed by atoms with Gasteiger partial charge in [-0.3, -0.25) is 0 Å². The first-order chi connectivity index (χ1) is 6.02. The summed E-state index contributed by atoms with van der Waals surface area (Å²) in [5.74, 6) is -0.308. The van der Waals surface area contributed by atoms with Crippen LogP contribution in [0.25, 0.3) is 0 Å². The van der Waals surface area contributed by atoms with Crippen LogP contribution in [-0.2, 0) is 14.3 Å². The molecule has 3 nitrogen and oxygen atoms in total. The molecule has 0 heterocycles. The van der Waals surface area contributed by atoms with E-state index in [0.29, 0.717) is 6.61 Å². The molecule has 0 fully saturated rings. The zero-order chi connectivity index (χ0) is 10.3. The fraction of sp³-hybridized carbons (Fsp3) is 0.700. The standard InChI is InChI=1S/C10H18O3/c1-8(2)5-6-12-7-10(11)13-9(3)4/h5,9H,6-7H2,1-4H3. The summed E-state index contributed by atoms with van der Waals surface area (Å²) in [6.07, 6.45) is 1.85. The molecule has 3 heteroatoms. The van der Waals surface area contributed by atoms with Gasteiger partial charge in [-0.15, -0.1) is 0 Å². The second-order valence-electron chi connectivity index (χ2n) is 3.34. The molecule has 0 atom stereocenters. The van der Waals surface area contributed by atoms with E-state index in [4.69, 9.17) is 9.47 Å². The summed E-state index contributed by atoms with van der Waals surface area (Å²) in [7, 11) is 0. The Morgan fingerprint density at radius 1 is 1.38 bits per heavy atom. The topological polar surface area (TPSA) is 35.5 Å². The fourth-order valence-electron chi connectivity index (χ4n) is 0.665. The summed E-state index contributed by atoms with van der Waals surface area (Å²) >= 11 is 0. The van der Waals surface area contributed by atoms with Gasteiger partial charge in [0, 0.05) is 0 Å². The van der Waals surface area contributed by atoms with E-state index in [1.807, 2.05) is 33.8 Å². The molecule has 0 bridgehead atoms. The molecule has 0 aromatic rings. The van der Waals surface area contributed by atoms with Gasteiger partial charge in [-0.25, -0.2) is 4.79 Å². The Morgan fingerprint density at radius 2 is 2.00 bits per heavy atom. The van der Waals surface area contributed by atoms with Gasteiger partial charge in [-0.2, -0.15) is 0 Å². The predicted molar refractivity (Wildman–Crippen MR) is 51.5 cm³/mol. The first kappa shape index (κ1) is 12.2. The van der Waals surface area contributed by atoms with Crippen LogP contribution < -0.4 is 0 Å². The van der Waals surface area contributed by atoms with Crippen molar-refractivity contribution in [1.29, 1.82) is 0 Å². The van der Waals surface area contributed by atoms with Crippen molar-refractivity contribution in [3.05, 3.63) is 11.6 Å². The van der Waals surface area contributed by atoms with E-state index in [2.05, 4.69) is 0 Å². The van der Waals surface area contributed by atoms with E-state index < -0.39 is 0 Å². The second kappa shape index (κ2) is 6.66. The molecule has 0 aromatic carbocycles. The van der Waals surface area contributed by atoms with Gasteiger partial charge in [-0.1, -0.05) is 11.6 Å². The highest BCUT2D eigenvalue weighted by molar-refractivity contribution is 5.70. The summed E-state index contributed by atoms with van der Waals surface area (Å²) in [5, 5.41) is 0. The maximum atomic E-state index is 10.9. The maximum Gasteiger partial charge on any atom is 0.332 e. The highest BCUT2D eigenvalue weighted by Crippen LogP contribution is 1.91. The third-order valence-electron chi connectivity index (χ3n) is 1.20. The van der Waals surface area contributed by atoms with Gasteiger partial charge in [0.25, 0.3) is 0 Å². The van der Waals surface area contributed by atoms with Crippen molar-refractivity contribution < 1.29 is 14.3 Å². The third kappa shape index (κ3) is 9.08. The van der Waals surface area contributed by atoms with Crippen molar-refractivity contribution >= 4 is 5.97 Å². The van der Waals surface area contributed by atoms with Crippen molar-refractivity contribution in [3.8, 4) is 0 Å². The van der Waals surface area contributed by atoms with E-state index in [-0.39, 0.29) is 18.7 Å². The Kier molecular flexibility index (Phi) is 6.24. The van der Waals surface area contributed by atoms with Gasteiger partial charge >= 0.3 is 5.97 Å². The number of ether oxygens (including phenoxy) is 2. The van der Waals surface area contributed by atoms with Crippen molar-refractivity contribution in [3.63, 3.8) is 0 Å². The van der Waals surface area contributed by atoms with Gasteiger partial charge in [0.1, 0.15) is 6.61 Å². The molecule has 0 radical (unpaired) electrons. The molecule has 0 spiro atoms. The van der Waals surface area contributed by atoms with Crippen LogP contribution in [-0.4, -0.2) is 25.3 Å². The van der Waals surface area contributed by atoms with E-state index >= 15 is 0 Å². The van der Waals surface area contributed by atoms with Crippen molar-refractivity contribution in [2.24, 2.45) is 0 Å². The average Bonchev–Trinajstić information content (AvgIpc) is 1.96. The van der Waals surface area contributed by atoms with Crippen LogP contribution in [0.4, 0.5) is 0 Å². The Hall–Kier alpha value is -0.830. The molecule has 13 heavy (non-hydrogen) atoms. The van der Waals surface area contributed by atoms with Crippen molar-refractivity contribution in [2.45, 2.75) is 33.8 Å². The highest BCUT2D eigenvalue weighted by Gasteiger charge is 2.03. The molecule has 0 saturated heterocycles. The molecule has 0 unspecified atom stereocenters. The lowest BCUT2D eigenvalue weighted by Gasteiger charge is -2.07. The number of allylic oxidation sites excluding steroid dienone is 1. The lowest BCUT2D eigenvalue weighted by molar-refractivity contribution is -0.152. The van der Waals surface area contributed by atoms with Crippen molar-refractivity contribution in [2.75, 3.05) is 13.2 Å². The molecule has 0 aliphatic rings. The first-order valence-corrected chi connectivity index (χ1v) is 4.43. The minimum atomic E-state index is -0.308. The lowest BCUT2D eigenvalue weighted by Crippen LogP contribution is -2.17. The van der Waals surface area contributed by atoms with Gasteiger partial charge in [0.2, 0.25) is 0 Å². The summed E-state index contributed by atoms with van der Waals surface area (Å²) in [6, 6.07) is 0. The van der Waals surface area contributed by atoms with Crippen LogP contribution >= 0.6 is 0 Å². The number of rotatable bonds is 5. The minimum absolute atomic E-state index is 0.0297. The van der Waals surface area contributed by atoms with Crippen LogP contribution in [0, 0.1) is 0 Å². The number of esters is 1. The van der Waals surface area contributed by atoms with Gasteiger partial charge < -0.3 is 9.47 Å². The predicted octanol–water partition coefficient (Wildman–Crippen LogP) is 1.92. The molecule has 0 aromatic heterocycles. The molecule has 0 aliphatic heterocycles. The van der Waals surface area contributed by atoms with Gasteiger partial charge in [0.05, 0.1) is 12.7 Å². The Balaban J connectivity index is 3.43. The molecule has 0 rings (SSSR count). The zero-order valence-corrected chi connectivity index (χ0v) is 8.79. The third-order valence-corrected chi connectivity index (χ3v) is 1.20. The Labute approximate surface area is 79.7 Å². The molecule has 0 aliphatic carbocycles. The molecule has 0 N–H and O–H groups in total. The maximum absolute atomic E-state index is 10.9. The second-order valence-corrected chi connectivity index (χ2v) is 3.34. The summed E-state index contributed by atoms with van der Waals surface area (Å²) in [6.45, 7) is 8.09. The fourth-order valence-corrected chi connectivity index (χ4v) is 0.665. The van der Waals surface area contributed by atoms with E-state index in [1.165, 1.54) is 5.57 Å². The first-order valence-electron chi connectivity index (χ1n) is 4.43. The minimum Gasteiger partial charge on any atom is -0.461 e. The zero-order valence-electron chi connectivity index (χ0n) is 8.79.